The smallest absolute Gasteiger partial charge is 0.248 e. The van der Waals surface area contributed by atoms with Crippen molar-refractivity contribution in [2.24, 2.45) is 5.73 Å². The molecule has 4 heteroatoms. The van der Waals surface area contributed by atoms with E-state index in [9.17, 15) is 9.35 Å². The van der Waals surface area contributed by atoms with E-state index in [1.807, 2.05) is 31.2 Å². The standard InChI is InChI=1S/C16H13NO2S/c1-10-6-8-11(9-7-10)14(17)16-15(18)12-4-2-3-5-13(12)20(16)19/h2-9H,17H2,1H3. The third-order valence-corrected chi connectivity index (χ3v) is 4.86. The van der Waals surface area contributed by atoms with Crippen LogP contribution in [-0.2, 0) is 11.2 Å². The van der Waals surface area contributed by atoms with E-state index in [0.29, 0.717) is 16.2 Å². The van der Waals surface area contributed by atoms with Crippen molar-refractivity contribution < 1.29 is 9.35 Å². The molecule has 2 aromatic carbocycles. The molecule has 0 saturated carbocycles. The van der Waals surface area contributed by atoms with Gasteiger partial charge in [0, 0.05) is 16.7 Å². The highest BCUT2D eigenvalue weighted by atomic mass is 32.2. The fourth-order valence-corrected chi connectivity index (χ4v) is 3.60. The number of carbonyl (C=O) groups excluding carboxylic acids is 1. The Hall–Kier alpha value is -2.04. The molecule has 0 aliphatic carbocycles. The zero-order valence-corrected chi connectivity index (χ0v) is 11.7. The molecule has 2 aromatic rings. The minimum absolute atomic E-state index is 0.190. The van der Waals surface area contributed by atoms with Gasteiger partial charge in [0.1, 0.15) is 0 Å². The van der Waals surface area contributed by atoms with Crippen LogP contribution in [0.2, 0.25) is 0 Å². The number of hydrogen-bond acceptors (Lipinski definition) is 3. The highest BCUT2D eigenvalue weighted by Crippen LogP contribution is 2.36. The molecular formula is C16H13NO2S. The second kappa shape index (κ2) is 4.81. The van der Waals surface area contributed by atoms with Gasteiger partial charge in [-0.25, -0.2) is 0 Å². The molecule has 0 bridgehead atoms. The fraction of sp³-hybridized carbons (Fsp3) is 0.0625. The number of Topliss-reactive ketones (excluding diaryl/α,β-unsaturated/α-hetero) is 1. The Morgan fingerprint density at radius 1 is 1.10 bits per heavy atom. The molecule has 1 unspecified atom stereocenters. The van der Waals surface area contributed by atoms with Crippen LogP contribution in [0, 0.1) is 6.92 Å². The summed E-state index contributed by atoms with van der Waals surface area (Å²) in [6.45, 7) is 1.97. The first-order chi connectivity index (χ1) is 9.59. The Kier molecular flexibility index (Phi) is 3.12. The summed E-state index contributed by atoms with van der Waals surface area (Å²) in [6.07, 6.45) is 0. The first-order valence-electron chi connectivity index (χ1n) is 6.22. The van der Waals surface area contributed by atoms with Gasteiger partial charge in [0.25, 0.3) is 0 Å². The van der Waals surface area contributed by atoms with Crippen molar-refractivity contribution >= 4 is 22.7 Å². The summed E-state index contributed by atoms with van der Waals surface area (Å²) in [5.41, 5.74) is 8.68. The molecule has 3 nitrogen and oxygen atoms in total. The number of nitrogens with two attached hydrogens (primary N) is 1. The van der Waals surface area contributed by atoms with E-state index in [0.717, 1.165) is 11.1 Å². The van der Waals surface area contributed by atoms with E-state index in [-0.39, 0.29) is 10.7 Å². The maximum Gasteiger partial charge on any atom is 0.248 e. The van der Waals surface area contributed by atoms with Crippen LogP contribution in [0.5, 0.6) is 0 Å². The van der Waals surface area contributed by atoms with Gasteiger partial charge < -0.3 is 10.3 Å². The summed E-state index contributed by atoms with van der Waals surface area (Å²) >= 11 is -1.50. The van der Waals surface area contributed by atoms with Gasteiger partial charge in [-0.15, -0.1) is 0 Å². The summed E-state index contributed by atoms with van der Waals surface area (Å²) in [7, 11) is 0. The van der Waals surface area contributed by atoms with Crippen LogP contribution in [0.4, 0.5) is 0 Å². The zero-order chi connectivity index (χ0) is 14.3. The molecule has 0 radical (unpaired) electrons. The maximum atomic E-state index is 12.4. The average Bonchev–Trinajstić information content (AvgIpc) is 2.72. The molecule has 1 heterocycles. The molecule has 0 saturated heterocycles. The third-order valence-electron chi connectivity index (χ3n) is 3.33. The molecule has 0 spiro atoms. The van der Waals surface area contributed by atoms with Crippen molar-refractivity contribution in [2.45, 2.75) is 11.8 Å². The Labute approximate surface area is 120 Å². The van der Waals surface area contributed by atoms with E-state index >= 15 is 0 Å². The fourth-order valence-electron chi connectivity index (χ4n) is 2.22. The highest BCUT2D eigenvalue weighted by Gasteiger charge is 2.41. The number of fused-ring (bicyclic) bond motifs is 1. The molecule has 20 heavy (non-hydrogen) atoms. The van der Waals surface area contributed by atoms with Gasteiger partial charge in [0.2, 0.25) is 10.7 Å². The number of allylic oxidation sites excluding steroid dienone is 1. The molecule has 1 aliphatic rings. The van der Waals surface area contributed by atoms with Crippen molar-refractivity contribution in [2.75, 3.05) is 0 Å². The lowest BCUT2D eigenvalue weighted by molar-refractivity contribution is 0.104. The molecule has 1 aliphatic heterocycles. The molecule has 2 N–H and O–H groups in total. The summed E-state index contributed by atoms with van der Waals surface area (Å²) < 4.78 is 12.4. The Morgan fingerprint density at radius 3 is 2.40 bits per heavy atom. The van der Waals surface area contributed by atoms with Crippen molar-refractivity contribution in [1.29, 1.82) is 0 Å². The Balaban J connectivity index is 2.13. The van der Waals surface area contributed by atoms with Crippen molar-refractivity contribution in [3.63, 3.8) is 0 Å². The van der Waals surface area contributed by atoms with Gasteiger partial charge in [0.05, 0.1) is 11.3 Å². The average molecular weight is 283 g/mol. The monoisotopic (exact) mass is 283 g/mol. The van der Waals surface area contributed by atoms with Gasteiger partial charge in [-0.2, -0.15) is 0 Å². The largest absolute Gasteiger partial charge is 0.606 e. The number of rotatable bonds is 1. The van der Waals surface area contributed by atoms with Crippen LogP contribution < -0.4 is 5.73 Å². The molecule has 0 amide bonds. The number of ketones is 1. The summed E-state index contributed by atoms with van der Waals surface area (Å²) in [5.74, 6) is -0.239. The number of aryl methyl sites for hydroxylation is 1. The minimum Gasteiger partial charge on any atom is -0.606 e. The number of benzene rings is 2. The second-order valence-electron chi connectivity index (χ2n) is 4.70. The van der Waals surface area contributed by atoms with Crippen molar-refractivity contribution in [1.82, 2.24) is 0 Å². The van der Waals surface area contributed by atoms with Crippen LogP contribution in [0.3, 0.4) is 0 Å². The van der Waals surface area contributed by atoms with Crippen LogP contribution in [0.15, 0.2) is 58.3 Å². The van der Waals surface area contributed by atoms with Gasteiger partial charge in [-0.3, -0.25) is 4.79 Å². The summed E-state index contributed by atoms with van der Waals surface area (Å²) in [5, 5.41) is 0. The predicted octanol–water partition coefficient (Wildman–Crippen LogP) is 2.63. The van der Waals surface area contributed by atoms with E-state index in [2.05, 4.69) is 0 Å². The first-order valence-corrected chi connectivity index (χ1v) is 7.37. The Bertz CT molecular complexity index is 720. The summed E-state index contributed by atoms with van der Waals surface area (Å²) in [4.78, 5) is 13.1. The topological polar surface area (TPSA) is 66.2 Å². The molecule has 3 rings (SSSR count). The molecule has 100 valence electrons. The van der Waals surface area contributed by atoms with Crippen LogP contribution in [0.1, 0.15) is 21.5 Å². The van der Waals surface area contributed by atoms with E-state index < -0.39 is 11.2 Å². The van der Waals surface area contributed by atoms with E-state index in [4.69, 9.17) is 5.73 Å². The SMILES string of the molecule is Cc1ccc(C(N)=C2C(=O)c3ccccc3[S+]2[O-])cc1. The van der Waals surface area contributed by atoms with Gasteiger partial charge in [-0.1, -0.05) is 42.0 Å². The molecule has 1 atom stereocenters. The summed E-state index contributed by atoms with van der Waals surface area (Å²) in [6, 6.07) is 14.4. The van der Waals surface area contributed by atoms with E-state index in [1.54, 1.807) is 24.3 Å². The van der Waals surface area contributed by atoms with Crippen LogP contribution >= 0.6 is 0 Å². The number of carbonyl (C=O) groups is 1. The van der Waals surface area contributed by atoms with Gasteiger partial charge in [0.15, 0.2) is 4.90 Å². The lowest BCUT2D eigenvalue weighted by atomic mass is 10.1. The van der Waals surface area contributed by atoms with Crippen molar-refractivity contribution in [3.05, 3.63) is 70.1 Å². The minimum atomic E-state index is -1.50. The van der Waals surface area contributed by atoms with Gasteiger partial charge in [-0.05, 0) is 19.1 Å². The third kappa shape index (κ3) is 1.94. The quantitative estimate of drug-likeness (QED) is 0.646. The first kappa shape index (κ1) is 13.0. The molecular weight excluding hydrogens is 270 g/mol. The second-order valence-corrected chi connectivity index (χ2v) is 6.09. The molecule has 0 fully saturated rings. The van der Waals surface area contributed by atoms with Crippen molar-refractivity contribution in [3.8, 4) is 0 Å². The molecule has 0 aromatic heterocycles. The normalized spacial score (nSPS) is 19.9. The van der Waals surface area contributed by atoms with Crippen LogP contribution in [-0.4, -0.2) is 10.3 Å². The lowest BCUT2D eigenvalue weighted by Gasteiger charge is -2.08. The Morgan fingerprint density at radius 2 is 1.75 bits per heavy atom. The highest BCUT2D eigenvalue weighted by molar-refractivity contribution is 7.97. The van der Waals surface area contributed by atoms with Crippen LogP contribution in [0.25, 0.3) is 5.70 Å². The zero-order valence-electron chi connectivity index (χ0n) is 10.9. The van der Waals surface area contributed by atoms with Gasteiger partial charge >= 0.3 is 0 Å². The maximum absolute atomic E-state index is 12.4. The predicted molar refractivity (Wildman–Crippen MR) is 79.5 cm³/mol. The number of hydrogen-bond donors (Lipinski definition) is 1. The van der Waals surface area contributed by atoms with E-state index in [1.165, 1.54) is 0 Å². The lowest BCUT2D eigenvalue weighted by Crippen LogP contribution is -2.11.